The molecule has 0 fully saturated rings. The molecule has 1 rings (SSSR count). The Kier molecular flexibility index (Phi) is 8.83. The minimum atomic E-state index is -0.890. The highest BCUT2D eigenvalue weighted by atomic mass is 16.5. The van der Waals surface area contributed by atoms with E-state index in [1.165, 1.54) is 0 Å². The van der Waals surface area contributed by atoms with Crippen molar-refractivity contribution < 1.29 is 14.6 Å². The first kappa shape index (κ1) is 20.6. The van der Waals surface area contributed by atoms with Gasteiger partial charge in [0.15, 0.2) is 11.5 Å². The van der Waals surface area contributed by atoms with Gasteiger partial charge in [0.2, 0.25) is 0 Å². The number of hydrogen-bond donors (Lipinski definition) is 1. The lowest BCUT2D eigenvalue weighted by Crippen LogP contribution is -2.29. The summed E-state index contributed by atoms with van der Waals surface area (Å²) in [5.74, 6) is 12.9. The van der Waals surface area contributed by atoms with E-state index in [0.717, 1.165) is 0 Å². The number of benzene rings is 1. The molecule has 0 saturated heterocycles. The molecule has 0 heterocycles. The molecule has 0 radical (unpaired) electrons. The number of hydrogen-bond acceptors (Lipinski definition) is 4. The smallest absolute Gasteiger partial charge is 0.178 e. The van der Waals surface area contributed by atoms with Gasteiger partial charge >= 0.3 is 0 Å². The normalized spacial score (nSPS) is 10.5. The SMILES string of the molecule is C#CCOc1cc(C(O)CN(CC#C)CC#C)cc(C#C)c1OCC#C. The van der Waals surface area contributed by atoms with E-state index >= 15 is 0 Å². The number of ether oxygens (including phenoxy) is 2. The summed E-state index contributed by atoms with van der Waals surface area (Å²) in [5, 5.41) is 10.6. The van der Waals surface area contributed by atoms with E-state index in [1.54, 1.807) is 17.0 Å². The van der Waals surface area contributed by atoms with Crippen LogP contribution in [0, 0.1) is 61.7 Å². The molecular formula is C22H19NO3. The summed E-state index contributed by atoms with van der Waals surface area (Å²) >= 11 is 0. The van der Waals surface area contributed by atoms with Crippen LogP contribution in [0.4, 0.5) is 0 Å². The molecule has 0 amide bonds. The highest BCUT2D eigenvalue weighted by Crippen LogP contribution is 2.35. The van der Waals surface area contributed by atoms with Gasteiger partial charge in [-0.05, 0) is 17.7 Å². The van der Waals surface area contributed by atoms with Crippen LogP contribution in [0.2, 0.25) is 0 Å². The van der Waals surface area contributed by atoms with Gasteiger partial charge in [-0.2, -0.15) is 0 Å². The Labute approximate surface area is 155 Å². The summed E-state index contributed by atoms with van der Waals surface area (Å²) in [5.41, 5.74) is 0.918. The van der Waals surface area contributed by atoms with Crippen LogP contribution in [0.1, 0.15) is 17.2 Å². The maximum Gasteiger partial charge on any atom is 0.178 e. The maximum absolute atomic E-state index is 10.6. The zero-order chi connectivity index (χ0) is 19.4. The van der Waals surface area contributed by atoms with Gasteiger partial charge in [0.25, 0.3) is 0 Å². The predicted octanol–water partition coefficient (Wildman–Crippen LogP) is 1.29. The molecule has 0 aliphatic heterocycles. The standard InChI is InChI=1S/C22H19NO3/c1-6-11-23(12-7-2)17-20(24)19-15-18(10-5)22(26-14-9-4)21(16-19)25-13-8-3/h1-5,15-16,20,24H,11-14,17H2. The molecule has 1 N–H and O–H groups in total. The van der Waals surface area contributed by atoms with Crippen LogP contribution in [0.25, 0.3) is 0 Å². The van der Waals surface area contributed by atoms with Crippen molar-refractivity contribution in [3.05, 3.63) is 23.3 Å². The molecule has 0 aromatic heterocycles. The first-order valence-electron chi connectivity index (χ1n) is 7.65. The van der Waals surface area contributed by atoms with E-state index in [0.29, 0.717) is 35.7 Å². The van der Waals surface area contributed by atoms with Crippen molar-refractivity contribution >= 4 is 0 Å². The van der Waals surface area contributed by atoms with Gasteiger partial charge in [0.1, 0.15) is 13.2 Å². The molecule has 0 aliphatic rings. The Morgan fingerprint density at radius 3 is 2.08 bits per heavy atom. The van der Waals surface area contributed by atoms with E-state index in [2.05, 4.69) is 29.6 Å². The average molecular weight is 345 g/mol. The Hall–Kier alpha value is -3.46. The summed E-state index contributed by atoms with van der Waals surface area (Å²) in [6, 6.07) is 3.24. The van der Waals surface area contributed by atoms with E-state index in [-0.39, 0.29) is 19.8 Å². The quantitative estimate of drug-likeness (QED) is 0.685. The van der Waals surface area contributed by atoms with Gasteiger partial charge in [0.05, 0.1) is 24.8 Å². The lowest BCUT2D eigenvalue weighted by atomic mass is 10.0. The third-order valence-corrected chi connectivity index (χ3v) is 3.29. The van der Waals surface area contributed by atoms with Gasteiger partial charge in [-0.25, -0.2) is 0 Å². The van der Waals surface area contributed by atoms with E-state index in [1.807, 2.05) is 0 Å². The number of nitrogens with zero attached hydrogens (tertiary/aromatic N) is 1. The molecule has 130 valence electrons. The number of aliphatic hydroxyl groups excluding tert-OH is 1. The number of aliphatic hydroxyl groups is 1. The minimum Gasteiger partial charge on any atom is -0.477 e. The minimum absolute atomic E-state index is 0.0102. The van der Waals surface area contributed by atoms with Gasteiger partial charge in [-0.15, -0.1) is 32.1 Å². The fourth-order valence-corrected chi connectivity index (χ4v) is 2.21. The largest absolute Gasteiger partial charge is 0.477 e. The Morgan fingerprint density at radius 1 is 0.923 bits per heavy atom. The maximum atomic E-state index is 10.6. The summed E-state index contributed by atoms with van der Waals surface area (Å²) in [6.07, 6.45) is 25.8. The van der Waals surface area contributed by atoms with Crippen molar-refractivity contribution in [3.63, 3.8) is 0 Å². The van der Waals surface area contributed by atoms with Crippen molar-refractivity contribution in [2.24, 2.45) is 0 Å². The van der Waals surface area contributed by atoms with Crippen LogP contribution in [0.5, 0.6) is 11.5 Å². The first-order chi connectivity index (χ1) is 12.6. The van der Waals surface area contributed by atoms with Crippen LogP contribution < -0.4 is 9.47 Å². The molecule has 1 aromatic carbocycles. The molecule has 0 saturated carbocycles. The van der Waals surface area contributed by atoms with Gasteiger partial charge < -0.3 is 14.6 Å². The fraction of sp³-hybridized carbons (Fsp3) is 0.273. The monoisotopic (exact) mass is 345 g/mol. The summed E-state index contributed by atoms with van der Waals surface area (Å²) in [6.45, 7) is 0.884. The molecule has 1 unspecified atom stereocenters. The predicted molar refractivity (Wildman–Crippen MR) is 102 cm³/mol. The topological polar surface area (TPSA) is 41.9 Å². The highest BCUT2D eigenvalue weighted by molar-refractivity contribution is 5.56. The lowest BCUT2D eigenvalue weighted by molar-refractivity contribution is 0.127. The molecule has 1 atom stereocenters. The van der Waals surface area contributed by atoms with Gasteiger partial charge in [0, 0.05) is 6.54 Å². The molecule has 0 spiro atoms. The number of terminal acetylenes is 5. The summed E-state index contributed by atoms with van der Waals surface area (Å²) in [4.78, 5) is 1.75. The van der Waals surface area contributed by atoms with Crippen LogP contribution in [-0.2, 0) is 0 Å². The van der Waals surface area contributed by atoms with Crippen molar-refractivity contribution in [2.75, 3.05) is 32.8 Å². The zero-order valence-corrected chi connectivity index (χ0v) is 14.4. The number of rotatable bonds is 9. The fourth-order valence-electron chi connectivity index (χ4n) is 2.21. The van der Waals surface area contributed by atoms with Gasteiger partial charge in [-0.3, -0.25) is 4.90 Å². The molecule has 26 heavy (non-hydrogen) atoms. The average Bonchev–Trinajstić information content (AvgIpc) is 2.64. The third-order valence-electron chi connectivity index (χ3n) is 3.29. The van der Waals surface area contributed by atoms with Crippen molar-refractivity contribution in [1.82, 2.24) is 4.90 Å². The molecule has 0 bridgehead atoms. The van der Waals surface area contributed by atoms with Crippen LogP contribution in [0.15, 0.2) is 12.1 Å². The summed E-state index contributed by atoms with van der Waals surface area (Å²) < 4.78 is 11.0. The Balaban J connectivity index is 3.21. The molecule has 0 aliphatic carbocycles. The highest BCUT2D eigenvalue weighted by Gasteiger charge is 2.18. The second kappa shape index (κ2) is 11.2. The molecule has 4 nitrogen and oxygen atoms in total. The van der Waals surface area contributed by atoms with E-state index < -0.39 is 6.10 Å². The van der Waals surface area contributed by atoms with Gasteiger partial charge in [-0.1, -0.05) is 29.6 Å². The molecular weight excluding hydrogens is 326 g/mol. The van der Waals surface area contributed by atoms with Crippen molar-refractivity contribution in [3.8, 4) is 73.2 Å². The first-order valence-corrected chi connectivity index (χ1v) is 7.65. The third kappa shape index (κ3) is 5.87. The van der Waals surface area contributed by atoms with E-state index in [9.17, 15) is 5.11 Å². The van der Waals surface area contributed by atoms with Crippen molar-refractivity contribution in [1.29, 1.82) is 0 Å². The van der Waals surface area contributed by atoms with Crippen molar-refractivity contribution in [2.45, 2.75) is 6.10 Å². The molecule has 1 aromatic rings. The zero-order valence-electron chi connectivity index (χ0n) is 14.4. The van der Waals surface area contributed by atoms with Crippen LogP contribution in [-0.4, -0.2) is 42.9 Å². The Bertz CT molecular complexity index is 806. The van der Waals surface area contributed by atoms with Crippen LogP contribution >= 0.6 is 0 Å². The second-order valence-electron chi connectivity index (χ2n) is 5.12. The summed E-state index contributed by atoms with van der Waals surface area (Å²) in [7, 11) is 0. The van der Waals surface area contributed by atoms with E-state index in [4.69, 9.17) is 41.6 Å². The Morgan fingerprint density at radius 2 is 1.54 bits per heavy atom. The van der Waals surface area contributed by atoms with Crippen LogP contribution in [0.3, 0.4) is 0 Å². The second-order valence-corrected chi connectivity index (χ2v) is 5.12. The lowest BCUT2D eigenvalue weighted by Gasteiger charge is -2.22. The molecule has 4 heteroatoms.